The smallest absolute Gasteiger partial charge is 0.119 e. The van der Waals surface area contributed by atoms with Gasteiger partial charge in [0.05, 0.1) is 6.61 Å². The molecule has 0 bridgehead atoms. The monoisotopic (exact) mass is 248 g/mol. The van der Waals surface area contributed by atoms with Crippen molar-refractivity contribution in [2.75, 3.05) is 26.2 Å². The fourth-order valence-electron chi connectivity index (χ4n) is 2.68. The van der Waals surface area contributed by atoms with E-state index in [1.54, 1.807) is 0 Å². The van der Waals surface area contributed by atoms with E-state index >= 15 is 0 Å². The van der Waals surface area contributed by atoms with E-state index in [1.807, 2.05) is 19.1 Å². The Balaban J connectivity index is 2.06. The van der Waals surface area contributed by atoms with Crippen molar-refractivity contribution in [3.63, 3.8) is 0 Å². The number of hydrogen-bond donors (Lipinski definition) is 1. The van der Waals surface area contributed by atoms with Crippen LogP contribution in [-0.4, -0.2) is 31.1 Å². The Morgan fingerprint density at radius 3 is 2.39 bits per heavy atom. The van der Waals surface area contributed by atoms with Crippen LogP contribution in [0.4, 0.5) is 0 Å². The molecular weight excluding hydrogens is 224 g/mol. The number of piperidine rings is 1. The van der Waals surface area contributed by atoms with Gasteiger partial charge in [0.25, 0.3) is 0 Å². The van der Waals surface area contributed by atoms with Gasteiger partial charge in [0.15, 0.2) is 0 Å². The highest BCUT2D eigenvalue weighted by atomic mass is 16.5. The molecule has 2 N–H and O–H groups in total. The van der Waals surface area contributed by atoms with E-state index in [0.717, 1.165) is 5.75 Å². The lowest BCUT2D eigenvalue weighted by Gasteiger charge is -2.34. The summed E-state index contributed by atoms with van der Waals surface area (Å²) in [5, 5.41) is 0. The zero-order valence-corrected chi connectivity index (χ0v) is 11.3. The molecule has 1 aromatic carbocycles. The summed E-state index contributed by atoms with van der Waals surface area (Å²) < 4.78 is 5.47. The van der Waals surface area contributed by atoms with E-state index in [4.69, 9.17) is 10.5 Å². The number of rotatable bonds is 5. The van der Waals surface area contributed by atoms with Crippen molar-refractivity contribution in [3.05, 3.63) is 29.8 Å². The Labute approximate surface area is 110 Å². The Morgan fingerprint density at radius 1 is 1.17 bits per heavy atom. The van der Waals surface area contributed by atoms with Gasteiger partial charge in [-0.3, -0.25) is 4.90 Å². The Kier molecular flexibility index (Phi) is 5.02. The van der Waals surface area contributed by atoms with Crippen LogP contribution in [0.3, 0.4) is 0 Å². The van der Waals surface area contributed by atoms with Gasteiger partial charge < -0.3 is 10.5 Å². The molecule has 100 valence electrons. The molecule has 0 spiro atoms. The SMILES string of the molecule is CCOc1ccc([C@H](CN)N2CCCCC2)cc1. The van der Waals surface area contributed by atoms with Gasteiger partial charge in [-0.1, -0.05) is 18.6 Å². The van der Waals surface area contributed by atoms with Gasteiger partial charge in [0.2, 0.25) is 0 Å². The van der Waals surface area contributed by atoms with Crippen LogP contribution in [0, 0.1) is 0 Å². The standard InChI is InChI=1S/C15H24N2O/c1-2-18-14-8-6-13(7-9-14)15(12-16)17-10-4-3-5-11-17/h6-9,15H,2-5,10-12,16H2,1H3/t15-/m0/s1. The van der Waals surface area contributed by atoms with Gasteiger partial charge in [-0.25, -0.2) is 0 Å². The third-order valence-electron chi connectivity index (χ3n) is 3.63. The molecule has 1 aromatic rings. The lowest BCUT2D eigenvalue weighted by Crippen LogP contribution is -2.37. The zero-order valence-electron chi connectivity index (χ0n) is 11.3. The molecule has 0 radical (unpaired) electrons. The summed E-state index contributed by atoms with van der Waals surface area (Å²) in [4.78, 5) is 2.51. The van der Waals surface area contributed by atoms with Crippen molar-refractivity contribution in [2.24, 2.45) is 5.73 Å². The van der Waals surface area contributed by atoms with Gasteiger partial charge in [0, 0.05) is 12.6 Å². The molecule has 1 saturated heterocycles. The molecule has 1 aliphatic rings. The quantitative estimate of drug-likeness (QED) is 0.870. The van der Waals surface area contributed by atoms with Crippen LogP contribution in [0.1, 0.15) is 37.8 Å². The molecule has 1 atom stereocenters. The number of benzene rings is 1. The van der Waals surface area contributed by atoms with Crippen molar-refractivity contribution in [1.29, 1.82) is 0 Å². The lowest BCUT2D eigenvalue weighted by atomic mass is 10.0. The summed E-state index contributed by atoms with van der Waals surface area (Å²) in [6.45, 7) is 5.76. The summed E-state index contributed by atoms with van der Waals surface area (Å²) in [6, 6.07) is 8.76. The highest BCUT2D eigenvalue weighted by Crippen LogP contribution is 2.25. The number of nitrogens with zero attached hydrogens (tertiary/aromatic N) is 1. The van der Waals surface area contributed by atoms with Gasteiger partial charge in [-0.15, -0.1) is 0 Å². The maximum absolute atomic E-state index is 5.96. The first-order chi connectivity index (χ1) is 8.85. The van der Waals surface area contributed by atoms with Crippen molar-refractivity contribution < 1.29 is 4.74 Å². The van der Waals surface area contributed by atoms with Crippen LogP contribution in [0.2, 0.25) is 0 Å². The number of ether oxygens (including phenoxy) is 1. The largest absolute Gasteiger partial charge is 0.494 e. The van der Waals surface area contributed by atoms with Crippen LogP contribution in [0.25, 0.3) is 0 Å². The summed E-state index contributed by atoms with van der Waals surface area (Å²) in [7, 11) is 0. The summed E-state index contributed by atoms with van der Waals surface area (Å²) in [5.74, 6) is 0.940. The maximum Gasteiger partial charge on any atom is 0.119 e. The number of nitrogens with two attached hydrogens (primary N) is 1. The lowest BCUT2D eigenvalue weighted by molar-refractivity contribution is 0.167. The average molecular weight is 248 g/mol. The Bertz CT molecular complexity index is 344. The van der Waals surface area contributed by atoms with Crippen LogP contribution in [-0.2, 0) is 0 Å². The minimum Gasteiger partial charge on any atom is -0.494 e. The van der Waals surface area contributed by atoms with Crippen LogP contribution < -0.4 is 10.5 Å². The molecule has 0 saturated carbocycles. The molecule has 1 fully saturated rings. The second-order valence-corrected chi connectivity index (χ2v) is 4.85. The predicted octanol–water partition coefficient (Wildman–Crippen LogP) is 2.57. The van der Waals surface area contributed by atoms with E-state index in [2.05, 4.69) is 17.0 Å². The molecule has 2 rings (SSSR count). The normalized spacial score (nSPS) is 18.6. The van der Waals surface area contributed by atoms with Gasteiger partial charge in [0.1, 0.15) is 5.75 Å². The number of hydrogen-bond acceptors (Lipinski definition) is 3. The van der Waals surface area contributed by atoms with Crippen LogP contribution >= 0.6 is 0 Å². The predicted molar refractivity (Wildman–Crippen MR) is 74.8 cm³/mol. The highest BCUT2D eigenvalue weighted by Gasteiger charge is 2.20. The van der Waals surface area contributed by atoms with Gasteiger partial charge in [-0.05, 0) is 50.6 Å². The van der Waals surface area contributed by atoms with Crippen LogP contribution in [0.15, 0.2) is 24.3 Å². The van der Waals surface area contributed by atoms with E-state index in [9.17, 15) is 0 Å². The van der Waals surface area contributed by atoms with Crippen LogP contribution in [0.5, 0.6) is 5.75 Å². The highest BCUT2D eigenvalue weighted by molar-refractivity contribution is 5.29. The van der Waals surface area contributed by atoms with E-state index in [-0.39, 0.29) is 0 Å². The molecule has 0 amide bonds. The van der Waals surface area contributed by atoms with Crippen molar-refractivity contribution >= 4 is 0 Å². The minimum absolute atomic E-state index is 0.362. The number of likely N-dealkylation sites (tertiary alicyclic amines) is 1. The van der Waals surface area contributed by atoms with Crippen molar-refractivity contribution in [3.8, 4) is 5.75 Å². The maximum atomic E-state index is 5.96. The zero-order chi connectivity index (χ0) is 12.8. The second-order valence-electron chi connectivity index (χ2n) is 4.85. The molecule has 1 heterocycles. The molecule has 0 aliphatic carbocycles. The van der Waals surface area contributed by atoms with Crippen molar-refractivity contribution in [1.82, 2.24) is 4.90 Å². The molecule has 0 aromatic heterocycles. The minimum atomic E-state index is 0.362. The van der Waals surface area contributed by atoms with E-state index in [0.29, 0.717) is 19.2 Å². The molecule has 3 nitrogen and oxygen atoms in total. The van der Waals surface area contributed by atoms with E-state index < -0.39 is 0 Å². The van der Waals surface area contributed by atoms with Crippen molar-refractivity contribution in [2.45, 2.75) is 32.2 Å². The third-order valence-corrected chi connectivity index (χ3v) is 3.63. The first kappa shape index (κ1) is 13.4. The summed E-state index contributed by atoms with van der Waals surface area (Å²) >= 11 is 0. The van der Waals surface area contributed by atoms with Gasteiger partial charge >= 0.3 is 0 Å². The topological polar surface area (TPSA) is 38.5 Å². The second kappa shape index (κ2) is 6.76. The Hall–Kier alpha value is -1.06. The Morgan fingerprint density at radius 2 is 1.83 bits per heavy atom. The first-order valence-corrected chi connectivity index (χ1v) is 7.02. The molecule has 0 unspecified atom stereocenters. The third kappa shape index (κ3) is 3.24. The average Bonchev–Trinajstić information content (AvgIpc) is 2.43. The fourth-order valence-corrected chi connectivity index (χ4v) is 2.68. The molecular formula is C15H24N2O. The molecule has 18 heavy (non-hydrogen) atoms. The fraction of sp³-hybridized carbons (Fsp3) is 0.600. The molecule has 3 heteroatoms. The van der Waals surface area contributed by atoms with E-state index in [1.165, 1.54) is 37.9 Å². The summed E-state index contributed by atoms with van der Waals surface area (Å²) in [5.41, 5.74) is 7.27. The summed E-state index contributed by atoms with van der Waals surface area (Å²) in [6.07, 6.45) is 3.96. The van der Waals surface area contributed by atoms with Gasteiger partial charge in [-0.2, -0.15) is 0 Å². The molecule has 1 aliphatic heterocycles. The first-order valence-electron chi connectivity index (χ1n) is 7.02.